The van der Waals surface area contributed by atoms with Crippen LogP contribution in [-0.4, -0.2) is 7.11 Å². The van der Waals surface area contributed by atoms with Crippen LogP contribution >= 0.6 is 43.5 Å². The first kappa shape index (κ1) is 15.7. The summed E-state index contributed by atoms with van der Waals surface area (Å²) < 4.78 is 12.0. The molecule has 0 fully saturated rings. The lowest BCUT2D eigenvalue weighted by molar-refractivity contribution is 0.304. The van der Waals surface area contributed by atoms with E-state index in [0.29, 0.717) is 17.4 Å². The first-order valence-electron chi connectivity index (χ1n) is 5.93. The number of benzene rings is 2. The Labute approximate surface area is 140 Å². The zero-order valence-corrected chi connectivity index (χ0v) is 14.8. The second-order valence-corrected chi connectivity index (χ2v) is 5.97. The van der Waals surface area contributed by atoms with E-state index in [4.69, 9.17) is 21.1 Å². The van der Waals surface area contributed by atoms with Crippen molar-refractivity contribution in [2.24, 2.45) is 0 Å². The highest BCUT2D eigenvalue weighted by atomic mass is 79.9. The van der Waals surface area contributed by atoms with Crippen molar-refractivity contribution in [3.63, 3.8) is 0 Å². The van der Waals surface area contributed by atoms with Gasteiger partial charge in [0.05, 0.1) is 12.1 Å². The van der Waals surface area contributed by atoms with E-state index in [1.807, 2.05) is 36.4 Å². The summed E-state index contributed by atoms with van der Waals surface area (Å²) >= 11 is 13.1. The van der Waals surface area contributed by atoms with Gasteiger partial charge in [0.25, 0.3) is 0 Å². The third-order valence-electron chi connectivity index (χ3n) is 2.79. The van der Waals surface area contributed by atoms with Crippen LogP contribution in [0, 0.1) is 0 Å². The SMILES string of the molecule is COc1ccc(Br)c(COc2ccc(CBr)cc2Cl)c1. The molecule has 0 saturated carbocycles. The zero-order chi connectivity index (χ0) is 14.5. The van der Waals surface area contributed by atoms with Gasteiger partial charge in [-0.3, -0.25) is 0 Å². The molecule has 0 radical (unpaired) electrons. The highest BCUT2D eigenvalue weighted by molar-refractivity contribution is 9.10. The number of hydrogen-bond acceptors (Lipinski definition) is 2. The van der Waals surface area contributed by atoms with Gasteiger partial charge < -0.3 is 9.47 Å². The molecule has 106 valence electrons. The van der Waals surface area contributed by atoms with Crippen LogP contribution < -0.4 is 9.47 Å². The van der Waals surface area contributed by atoms with Crippen LogP contribution in [0.2, 0.25) is 5.02 Å². The maximum Gasteiger partial charge on any atom is 0.138 e. The Morgan fingerprint density at radius 3 is 2.60 bits per heavy atom. The summed E-state index contributed by atoms with van der Waals surface area (Å²) in [6.07, 6.45) is 0. The topological polar surface area (TPSA) is 18.5 Å². The molecule has 0 unspecified atom stereocenters. The third kappa shape index (κ3) is 3.90. The van der Waals surface area contributed by atoms with E-state index in [-0.39, 0.29) is 0 Å². The molecule has 0 aliphatic rings. The maximum atomic E-state index is 6.19. The summed E-state index contributed by atoms with van der Waals surface area (Å²) in [5, 5.41) is 1.38. The fourth-order valence-corrected chi connectivity index (χ4v) is 2.66. The average Bonchev–Trinajstić information content (AvgIpc) is 2.47. The average molecular weight is 421 g/mol. The Hall–Kier alpha value is -0.710. The van der Waals surface area contributed by atoms with Crippen molar-refractivity contribution < 1.29 is 9.47 Å². The zero-order valence-electron chi connectivity index (χ0n) is 10.8. The molecule has 0 atom stereocenters. The number of halogens is 3. The standard InChI is InChI=1S/C15H13Br2ClO2/c1-19-12-3-4-13(17)11(7-12)9-20-15-5-2-10(8-16)6-14(15)18/h2-7H,8-9H2,1H3. The molecule has 0 amide bonds. The Balaban J connectivity index is 2.12. The van der Waals surface area contributed by atoms with Crippen LogP contribution in [0.25, 0.3) is 0 Å². The molecule has 0 aliphatic carbocycles. The quantitative estimate of drug-likeness (QED) is 0.588. The molecule has 2 nitrogen and oxygen atoms in total. The van der Waals surface area contributed by atoms with Crippen LogP contribution in [0.1, 0.15) is 11.1 Å². The molecule has 0 spiro atoms. The Morgan fingerprint density at radius 1 is 1.15 bits per heavy atom. The molecular weight excluding hydrogens is 407 g/mol. The van der Waals surface area contributed by atoms with Gasteiger partial charge in [0, 0.05) is 15.4 Å². The predicted octanol–water partition coefficient (Wildman–Crippen LogP) is 5.59. The summed E-state index contributed by atoms with van der Waals surface area (Å²) in [7, 11) is 1.64. The Bertz CT molecular complexity index is 602. The minimum Gasteiger partial charge on any atom is -0.497 e. The molecule has 0 saturated heterocycles. The largest absolute Gasteiger partial charge is 0.497 e. The molecule has 0 N–H and O–H groups in total. The van der Waals surface area contributed by atoms with Crippen LogP contribution in [0.3, 0.4) is 0 Å². The van der Waals surface area contributed by atoms with Crippen molar-refractivity contribution in [2.75, 3.05) is 7.11 Å². The van der Waals surface area contributed by atoms with Gasteiger partial charge in [0.1, 0.15) is 18.1 Å². The summed E-state index contributed by atoms with van der Waals surface area (Å²) in [4.78, 5) is 0. The fraction of sp³-hybridized carbons (Fsp3) is 0.200. The molecule has 2 rings (SSSR count). The molecule has 2 aromatic rings. The van der Waals surface area contributed by atoms with Gasteiger partial charge in [-0.1, -0.05) is 49.5 Å². The smallest absolute Gasteiger partial charge is 0.138 e. The van der Waals surface area contributed by atoms with E-state index in [0.717, 1.165) is 26.7 Å². The van der Waals surface area contributed by atoms with Crippen LogP contribution in [0.15, 0.2) is 40.9 Å². The van der Waals surface area contributed by atoms with E-state index in [1.54, 1.807) is 7.11 Å². The highest BCUT2D eigenvalue weighted by Gasteiger charge is 2.06. The minimum absolute atomic E-state index is 0.422. The van der Waals surface area contributed by atoms with Crippen molar-refractivity contribution >= 4 is 43.5 Å². The van der Waals surface area contributed by atoms with Crippen molar-refractivity contribution in [1.29, 1.82) is 0 Å². The van der Waals surface area contributed by atoms with Gasteiger partial charge in [0.15, 0.2) is 0 Å². The van der Waals surface area contributed by atoms with Gasteiger partial charge in [0.2, 0.25) is 0 Å². The van der Waals surface area contributed by atoms with Crippen LogP contribution in [0.4, 0.5) is 0 Å². The summed E-state index contributed by atoms with van der Waals surface area (Å²) in [6, 6.07) is 11.5. The van der Waals surface area contributed by atoms with E-state index in [2.05, 4.69) is 31.9 Å². The number of ether oxygens (including phenoxy) is 2. The van der Waals surface area contributed by atoms with E-state index >= 15 is 0 Å². The van der Waals surface area contributed by atoms with Gasteiger partial charge in [-0.15, -0.1) is 0 Å². The van der Waals surface area contributed by atoms with Crippen molar-refractivity contribution in [1.82, 2.24) is 0 Å². The van der Waals surface area contributed by atoms with Gasteiger partial charge in [-0.2, -0.15) is 0 Å². The number of alkyl halides is 1. The monoisotopic (exact) mass is 418 g/mol. The third-order valence-corrected chi connectivity index (χ3v) is 4.50. The molecule has 0 aromatic heterocycles. The van der Waals surface area contributed by atoms with Crippen molar-refractivity contribution in [3.05, 3.63) is 57.0 Å². The van der Waals surface area contributed by atoms with E-state index in [1.165, 1.54) is 0 Å². The molecule has 0 aliphatic heterocycles. The summed E-state index contributed by atoms with van der Waals surface area (Å²) in [5.41, 5.74) is 2.12. The first-order chi connectivity index (χ1) is 9.63. The highest BCUT2D eigenvalue weighted by Crippen LogP contribution is 2.29. The molecule has 0 heterocycles. The molecule has 2 aromatic carbocycles. The summed E-state index contributed by atoms with van der Waals surface area (Å²) in [5.74, 6) is 1.47. The second kappa shape index (κ2) is 7.34. The van der Waals surface area contributed by atoms with Crippen molar-refractivity contribution in [3.8, 4) is 11.5 Å². The number of rotatable bonds is 5. The van der Waals surface area contributed by atoms with E-state index < -0.39 is 0 Å². The second-order valence-electron chi connectivity index (χ2n) is 4.14. The lowest BCUT2D eigenvalue weighted by Gasteiger charge is -2.11. The number of methoxy groups -OCH3 is 1. The van der Waals surface area contributed by atoms with Gasteiger partial charge in [-0.05, 0) is 35.9 Å². The van der Waals surface area contributed by atoms with E-state index in [9.17, 15) is 0 Å². The number of hydrogen-bond donors (Lipinski definition) is 0. The Morgan fingerprint density at radius 2 is 1.95 bits per heavy atom. The Kier molecular flexibility index (Phi) is 5.75. The molecule has 20 heavy (non-hydrogen) atoms. The lowest BCUT2D eigenvalue weighted by Crippen LogP contribution is -1.98. The first-order valence-corrected chi connectivity index (χ1v) is 8.23. The predicted molar refractivity (Wildman–Crippen MR) is 89.1 cm³/mol. The normalized spacial score (nSPS) is 10.4. The van der Waals surface area contributed by atoms with Crippen LogP contribution in [-0.2, 0) is 11.9 Å². The lowest BCUT2D eigenvalue weighted by atomic mass is 10.2. The fourth-order valence-electron chi connectivity index (χ4n) is 1.69. The summed E-state index contributed by atoms with van der Waals surface area (Å²) in [6.45, 7) is 0.422. The molecular formula is C15H13Br2ClO2. The van der Waals surface area contributed by atoms with Crippen molar-refractivity contribution in [2.45, 2.75) is 11.9 Å². The maximum absolute atomic E-state index is 6.19. The molecule has 5 heteroatoms. The van der Waals surface area contributed by atoms with Gasteiger partial charge in [-0.25, -0.2) is 0 Å². The molecule has 0 bridgehead atoms. The van der Waals surface area contributed by atoms with Crippen LogP contribution in [0.5, 0.6) is 11.5 Å². The minimum atomic E-state index is 0.422. The van der Waals surface area contributed by atoms with Gasteiger partial charge >= 0.3 is 0 Å².